The van der Waals surface area contributed by atoms with Gasteiger partial charge in [0.25, 0.3) is 0 Å². The fourth-order valence-electron chi connectivity index (χ4n) is 3.75. The van der Waals surface area contributed by atoms with Crippen LogP contribution in [0.1, 0.15) is 30.9 Å². The maximum Gasteiger partial charge on any atom is 0.191 e. The number of hydrogen-bond acceptors (Lipinski definition) is 4. The summed E-state index contributed by atoms with van der Waals surface area (Å²) in [4.78, 5) is 9.31. The van der Waals surface area contributed by atoms with Gasteiger partial charge in [0.05, 0.1) is 0 Å². The van der Waals surface area contributed by atoms with Gasteiger partial charge in [-0.2, -0.15) is 0 Å². The topological polar surface area (TPSA) is 52.1 Å². The van der Waals surface area contributed by atoms with E-state index in [1.165, 1.54) is 11.1 Å². The predicted molar refractivity (Wildman–Crippen MR) is 118 cm³/mol. The van der Waals surface area contributed by atoms with Gasteiger partial charge in [-0.3, -0.25) is 9.89 Å². The predicted octanol–water partition coefficient (Wildman–Crippen LogP) is 1.96. The van der Waals surface area contributed by atoms with Crippen LogP contribution in [0.3, 0.4) is 0 Å². The lowest BCUT2D eigenvalue weighted by atomic mass is 9.98. The van der Waals surface area contributed by atoms with E-state index in [-0.39, 0.29) is 0 Å². The zero-order chi connectivity index (χ0) is 20.2. The maximum absolute atomic E-state index is 5.11. The fourth-order valence-corrected chi connectivity index (χ4v) is 3.75. The van der Waals surface area contributed by atoms with Gasteiger partial charge in [0.2, 0.25) is 0 Å². The summed E-state index contributed by atoms with van der Waals surface area (Å²) in [6.45, 7) is 9.13. The average Bonchev–Trinajstić information content (AvgIpc) is 2.73. The van der Waals surface area contributed by atoms with E-state index < -0.39 is 0 Å². The minimum Gasteiger partial charge on any atom is -0.385 e. The van der Waals surface area contributed by atoms with E-state index in [0.717, 1.165) is 71.1 Å². The number of aliphatic imine (C=N–C) groups is 1. The van der Waals surface area contributed by atoms with Crippen molar-refractivity contribution >= 4 is 5.96 Å². The Bertz CT molecular complexity index is 592. The lowest BCUT2D eigenvalue weighted by Gasteiger charge is -2.35. The third-order valence-corrected chi connectivity index (χ3v) is 5.55. The Morgan fingerprint density at radius 1 is 1.25 bits per heavy atom. The van der Waals surface area contributed by atoms with Gasteiger partial charge in [-0.15, -0.1) is 0 Å². The van der Waals surface area contributed by atoms with Crippen LogP contribution in [-0.4, -0.2) is 82.3 Å². The minimum atomic E-state index is 0.517. The first-order valence-electron chi connectivity index (χ1n) is 10.6. The Balaban J connectivity index is 1.72. The third-order valence-electron chi connectivity index (χ3n) is 5.55. The molecule has 0 saturated carbocycles. The highest BCUT2D eigenvalue weighted by Gasteiger charge is 2.22. The molecule has 0 aromatic heterocycles. The quantitative estimate of drug-likeness (QED) is 0.344. The first kappa shape index (κ1) is 22.7. The van der Waals surface area contributed by atoms with Crippen molar-refractivity contribution in [2.75, 3.05) is 60.5 Å². The van der Waals surface area contributed by atoms with Gasteiger partial charge in [0.1, 0.15) is 0 Å². The molecule has 0 aliphatic carbocycles. The van der Waals surface area contributed by atoms with E-state index >= 15 is 0 Å². The van der Waals surface area contributed by atoms with Crippen molar-refractivity contribution in [2.45, 2.75) is 38.8 Å². The Hall–Kier alpha value is -1.63. The zero-order valence-corrected chi connectivity index (χ0v) is 18.2. The summed E-state index contributed by atoms with van der Waals surface area (Å²) in [7, 11) is 5.74. The molecular weight excluding hydrogens is 350 g/mol. The van der Waals surface area contributed by atoms with Crippen LogP contribution in [0.2, 0.25) is 0 Å². The van der Waals surface area contributed by atoms with Crippen LogP contribution < -0.4 is 10.6 Å². The molecule has 0 spiro atoms. The van der Waals surface area contributed by atoms with Gasteiger partial charge in [0, 0.05) is 66.1 Å². The van der Waals surface area contributed by atoms with E-state index in [1.807, 2.05) is 7.05 Å². The molecule has 0 radical (unpaired) electrons. The summed E-state index contributed by atoms with van der Waals surface area (Å²) in [6.07, 6.45) is 3.35. The number of rotatable bonds is 11. The van der Waals surface area contributed by atoms with Gasteiger partial charge in [-0.05, 0) is 37.4 Å². The van der Waals surface area contributed by atoms with Gasteiger partial charge in [-0.1, -0.05) is 31.2 Å². The van der Waals surface area contributed by atoms with Crippen LogP contribution >= 0.6 is 0 Å². The lowest BCUT2D eigenvalue weighted by molar-refractivity contribution is 0.174. The van der Waals surface area contributed by atoms with Gasteiger partial charge in [0.15, 0.2) is 5.96 Å². The Morgan fingerprint density at radius 2 is 2.04 bits per heavy atom. The molecule has 0 fully saturated rings. The second-order valence-electron chi connectivity index (χ2n) is 7.58. The number of benzene rings is 1. The molecule has 0 bridgehead atoms. The van der Waals surface area contributed by atoms with Crippen molar-refractivity contribution < 1.29 is 4.74 Å². The monoisotopic (exact) mass is 389 g/mol. The third kappa shape index (κ3) is 7.41. The van der Waals surface area contributed by atoms with Gasteiger partial charge in [-0.25, -0.2) is 0 Å². The molecule has 0 amide bonds. The molecular formula is C22H39N5O. The zero-order valence-electron chi connectivity index (χ0n) is 18.2. The second-order valence-corrected chi connectivity index (χ2v) is 7.58. The molecule has 0 saturated heterocycles. The normalized spacial score (nSPS) is 16.1. The molecule has 1 atom stereocenters. The van der Waals surface area contributed by atoms with Crippen LogP contribution in [-0.2, 0) is 17.7 Å². The molecule has 1 heterocycles. The summed E-state index contributed by atoms with van der Waals surface area (Å²) in [5, 5.41) is 6.96. The molecule has 158 valence electrons. The first-order chi connectivity index (χ1) is 13.7. The van der Waals surface area contributed by atoms with E-state index in [0.29, 0.717) is 6.04 Å². The molecule has 6 nitrogen and oxygen atoms in total. The molecule has 1 unspecified atom stereocenters. The first-order valence-corrected chi connectivity index (χ1v) is 10.6. The van der Waals surface area contributed by atoms with E-state index in [4.69, 9.17) is 4.74 Å². The number of likely N-dealkylation sites (N-methyl/N-ethyl adjacent to an activating group) is 1. The number of guanidine groups is 1. The Labute approximate surface area is 171 Å². The molecule has 2 N–H and O–H groups in total. The lowest BCUT2D eigenvalue weighted by Crippen LogP contribution is -2.49. The summed E-state index contributed by atoms with van der Waals surface area (Å²) >= 11 is 0. The van der Waals surface area contributed by atoms with Crippen LogP contribution in [0.4, 0.5) is 0 Å². The van der Waals surface area contributed by atoms with Gasteiger partial charge < -0.3 is 20.3 Å². The van der Waals surface area contributed by atoms with Crippen molar-refractivity contribution in [2.24, 2.45) is 4.99 Å². The number of nitrogens with zero attached hydrogens (tertiary/aromatic N) is 3. The van der Waals surface area contributed by atoms with Crippen molar-refractivity contribution in [3.8, 4) is 0 Å². The van der Waals surface area contributed by atoms with Crippen molar-refractivity contribution in [1.82, 2.24) is 20.4 Å². The minimum absolute atomic E-state index is 0.517. The highest BCUT2D eigenvalue weighted by Crippen LogP contribution is 2.21. The molecule has 2 rings (SSSR count). The number of ether oxygens (including phenoxy) is 1. The summed E-state index contributed by atoms with van der Waals surface area (Å²) < 4.78 is 5.11. The molecule has 6 heteroatoms. The number of methoxy groups -OCH3 is 1. The van der Waals surface area contributed by atoms with Crippen molar-refractivity contribution in [1.29, 1.82) is 0 Å². The SMILES string of the molecule is CCC(CNC(=NC)NCCN(C)CCCOC)N1CCc2ccccc2C1. The van der Waals surface area contributed by atoms with Crippen LogP contribution in [0.15, 0.2) is 29.3 Å². The van der Waals surface area contributed by atoms with Crippen molar-refractivity contribution in [3.05, 3.63) is 35.4 Å². The van der Waals surface area contributed by atoms with E-state index in [2.05, 4.69) is 63.7 Å². The van der Waals surface area contributed by atoms with E-state index in [1.54, 1.807) is 7.11 Å². The van der Waals surface area contributed by atoms with Crippen LogP contribution in [0.5, 0.6) is 0 Å². The van der Waals surface area contributed by atoms with E-state index in [9.17, 15) is 0 Å². The number of fused-ring (bicyclic) bond motifs is 1. The second kappa shape index (κ2) is 12.8. The highest BCUT2D eigenvalue weighted by molar-refractivity contribution is 5.79. The average molecular weight is 390 g/mol. The summed E-state index contributed by atoms with van der Waals surface area (Å²) in [5.41, 5.74) is 2.99. The summed E-state index contributed by atoms with van der Waals surface area (Å²) in [6, 6.07) is 9.36. The summed E-state index contributed by atoms with van der Waals surface area (Å²) in [5.74, 6) is 0.890. The van der Waals surface area contributed by atoms with Crippen molar-refractivity contribution in [3.63, 3.8) is 0 Å². The highest BCUT2D eigenvalue weighted by atomic mass is 16.5. The Kier molecular flexibility index (Phi) is 10.3. The molecule has 1 aromatic carbocycles. The largest absolute Gasteiger partial charge is 0.385 e. The van der Waals surface area contributed by atoms with Crippen LogP contribution in [0, 0.1) is 0 Å². The number of nitrogens with one attached hydrogen (secondary N) is 2. The number of hydrogen-bond donors (Lipinski definition) is 2. The van der Waals surface area contributed by atoms with Gasteiger partial charge >= 0.3 is 0 Å². The molecule has 1 aliphatic heterocycles. The molecule has 1 aromatic rings. The standard InChI is InChI=1S/C22H39N5O/c1-5-21(27-14-11-19-9-6-7-10-20(19)18-27)17-25-22(23-2)24-12-15-26(3)13-8-16-28-4/h6-7,9-10,21H,5,8,11-18H2,1-4H3,(H2,23,24,25). The maximum atomic E-state index is 5.11. The fraction of sp³-hybridized carbons (Fsp3) is 0.682. The smallest absolute Gasteiger partial charge is 0.191 e. The molecule has 1 aliphatic rings. The van der Waals surface area contributed by atoms with Crippen LogP contribution in [0.25, 0.3) is 0 Å². The Morgan fingerprint density at radius 3 is 2.75 bits per heavy atom. The molecule has 28 heavy (non-hydrogen) atoms.